The van der Waals surface area contributed by atoms with Gasteiger partial charge < -0.3 is 14.0 Å². The van der Waals surface area contributed by atoms with Crippen LogP contribution in [0.1, 0.15) is 21.1 Å². The highest BCUT2D eigenvalue weighted by molar-refractivity contribution is 7.17. The standard InChI is InChI=1S/C21H14N2O4S/c24-21(26-12-18-22-20(23-27-18)13-6-2-1-3-7-13)17-10-14-11-25-16-9-5-4-8-15(16)19(14)28-17/h1-10H,11-12H2. The molecular weight excluding hydrogens is 376 g/mol. The Morgan fingerprint density at radius 1 is 1.11 bits per heavy atom. The number of ether oxygens (including phenoxy) is 2. The molecular formula is C21H14N2O4S. The van der Waals surface area contributed by atoms with Crippen molar-refractivity contribution in [3.05, 3.63) is 77.0 Å². The molecule has 0 amide bonds. The number of carbonyl (C=O) groups excluding carboxylic acids is 1. The summed E-state index contributed by atoms with van der Waals surface area (Å²) in [4.78, 5) is 18.3. The van der Waals surface area contributed by atoms with E-state index in [2.05, 4.69) is 10.1 Å². The lowest BCUT2D eigenvalue weighted by molar-refractivity contribution is 0.0435. The smallest absolute Gasteiger partial charge is 0.348 e. The van der Waals surface area contributed by atoms with Crippen LogP contribution in [0.15, 0.2) is 65.2 Å². The van der Waals surface area contributed by atoms with Crippen LogP contribution in [0.3, 0.4) is 0 Å². The summed E-state index contributed by atoms with van der Waals surface area (Å²) in [5.74, 6) is 1.13. The molecule has 0 N–H and O–H groups in total. The van der Waals surface area contributed by atoms with E-state index in [-0.39, 0.29) is 12.5 Å². The Morgan fingerprint density at radius 2 is 1.93 bits per heavy atom. The summed E-state index contributed by atoms with van der Waals surface area (Å²) < 4.78 is 16.3. The molecule has 0 saturated heterocycles. The predicted molar refractivity (Wildman–Crippen MR) is 103 cm³/mol. The molecule has 1 aliphatic rings. The fourth-order valence-electron chi connectivity index (χ4n) is 3.02. The number of carbonyl (C=O) groups is 1. The molecule has 0 fully saturated rings. The third-order valence-corrected chi connectivity index (χ3v) is 5.54. The molecule has 0 unspecified atom stereocenters. The van der Waals surface area contributed by atoms with Crippen LogP contribution < -0.4 is 4.74 Å². The van der Waals surface area contributed by atoms with Crippen LogP contribution in [0.25, 0.3) is 21.8 Å². The number of hydrogen-bond donors (Lipinski definition) is 0. The number of nitrogens with zero attached hydrogens (tertiary/aromatic N) is 2. The van der Waals surface area contributed by atoms with E-state index in [9.17, 15) is 4.79 Å². The quantitative estimate of drug-likeness (QED) is 0.470. The van der Waals surface area contributed by atoms with Gasteiger partial charge in [0.1, 0.15) is 17.2 Å². The molecule has 7 heteroatoms. The Kier molecular flexibility index (Phi) is 4.14. The second-order valence-electron chi connectivity index (χ2n) is 6.20. The average molecular weight is 390 g/mol. The number of fused-ring (bicyclic) bond motifs is 3. The lowest BCUT2D eigenvalue weighted by atomic mass is 10.1. The van der Waals surface area contributed by atoms with Crippen molar-refractivity contribution in [2.45, 2.75) is 13.2 Å². The molecule has 0 saturated carbocycles. The Morgan fingerprint density at radius 3 is 2.82 bits per heavy atom. The molecule has 0 aliphatic carbocycles. The van der Waals surface area contributed by atoms with Gasteiger partial charge in [-0.2, -0.15) is 4.98 Å². The van der Waals surface area contributed by atoms with Crippen LogP contribution >= 0.6 is 11.3 Å². The summed E-state index contributed by atoms with van der Waals surface area (Å²) in [5, 5.41) is 3.92. The highest BCUT2D eigenvalue weighted by Crippen LogP contribution is 2.42. The van der Waals surface area contributed by atoms with E-state index in [0.717, 1.165) is 27.3 Å². The molecule has 0 bridgehead atoms. The first-order valence-corrected chi connectivity index (χ1v) is 9.49. The molecule has 0 spiro atoms. The van der Waals surface area contributed by atoms with Crippen molar-refractivity contribution in [1.82, 2.24) is 10.1 Å². The highest BCUT2D eigenvalue weighted by atomic mass is 32.1. The van der Waals surface area contributed by atoms with E-state index in [4.69, 9.17) is 14.0 Å². The van der Waals surface area contributed by atoms with E-state index in [0.29, 0.717) is 17.3 Å². The van der Waals surface area contributed by atoms with Crippen LogP contribution in [0.5, 0.6) is 5.75 Å². The molecule has 2 aromatic heterocycles. The highest BCUT2D eigenvalue weighted by Gasteiger charge is 2.23. The van der Waals surface area contributed by atoms with Crippen molar-refractivity contribution >= 4 is 17.3 Å². The van der Waals surface area contributed by atoms with Crippen LogP contribution in [0, 0.1) is 0 Å². The maximum absolute atomic E-state index is 12.5. The average Bonchev–Trinajstić information content (AvgIpc) is 3.40. The van der Waals surface area contributed by atoms with E-state index < -0.39 is 5.97 Å². The number of esters is 1. The van der Waals surface area contributed by atoms with E-state index in [1.54, 1.807) is 0 Å². The molecule has 5 rings (SSSR count). The zero-order valence-electron chi connectivity index (χ0n) is 14.6. The van der Waals surface area contributed by atoms with Gasteiger partial charge in [0.25, 0.3) is 5.89 Å². The lowest BCUT2D eigenvalue weighted by Gasteiger charge is -2.16. The van der Waals surface area contributed by atoms with Crippen LogP contribution in [-0.4, -0.2) is 16.1 Å². The minimum absolute atomic E-state index is 0.0751. The summed E-state index contributed by atoms with van der Waals surface area (Å²) in [5.41, 5.74) is 2.82. The maximum Gasteiger partial charge on any atom is 0.348 e. The lowest BCUT2D eigenvalue weighted by Crippen LogP contribution is -2.04. The molecule has 3 heterocycles. The summed E-state index contributed by atoms with van der Waals surface area (Å²) in [6.07, 6.45) is 0. The largest absolute Gasteiger partial charge is 0.488 e. The van der Waals surface area contributed by atoms with Gasteiger partial charge in [-0.05, 0) is 18.2 Å². The Hall–Kier alpha value is -3.45. The van der Waals surface area contributed by atoms with E-state index >= 15 is 0 Å². The van der Waals surface area contributed by atoms with E-state index in [1.807, 2.05) is 60.7 Å². The summed E-state index contributed by atoms with van der Waals surface area (Å²) >= 11 is 1.40. The number of thiophene rings is 1. The Balaban J connectivity index is 1.30. The molecule has 6 nitrogen and oxygen atoms in total. The van der Waals surface area contributed by atoms with Gasteiger partial charge in [-0.25, -0.2) is 4.79 Å². The van der Waals surface area contributed by atoms with Gasteiger partial charge in [-0.3, -0.25) is 0 Å². The number of rotatable bonds is 4. The second-order valence-corrected chi connectivity index (χ2v) is 7.26. The van der Waals surface area contributed by atoms with Crippen molar-refractivity contribution in [2.24, 2.45) is 0 Å². The summed E-state index contributed by atoms with van der Waals surface area (Å²) in [6.45, 7) is 0.370. The number of benzene rings is 2. The third kappa shape index (κ3) is 3.05. The minimum Gasteiger partial charge on any atom is -0.488 e. The summed E-state index contributed by atoms with van der Waals surface area (Å²) in [6, 6.07) is 19.1. The Bertz CT molecular complexity index is 1150. The fourth-order valence-corrected chi connectivity index (χ4v) is 4.11. The summed E-state index contributed by atoms with van der Waals surface area (Å²) in [7, 11) is 0. The first-order chi connectivity index (χ1) is 13.8. The van der Waals surface area contributed by atoms with Crippen molar-refractivity contribution in [3.63, 3.8) is 0 Å². The van der Waals surface area contributed by atoms with Gasteiger partial charge in [0, 0.05) is 21.6 Å². The maximum atomic E-state index is 12.5. The molecule has 28 heavy (non-hydrogen) atoms. The molecule has 4 aromatic rings. The van der Waals surface area contributed by atoms with Gasteiger partial charge >= 0.3 is 5.97 Å². The predicted octanol–water partition coefficient (Wildman–Crippen LogP) is 4.71. The molecule has 1 aliphatic heterocycles. The van der Waals surface area contributed by atoms with Gasteiger partial charge in [0.15, 0.2) is 6.61 Å². The fraction of sp³-hybridized carbons (Fsp3) is 0.0952. The van der Waals surface area contributed by atoms with Gasteiger partial charge in [-0.1, -0.05) is 47.6 Å². The number of para-hydroxylation sites is 1. The van der Waals surface area contributed by atoms with E-state index in [1.165, 1.54) is 11.3 Å². The number of hydrogen-bond acceptors (Lipinski definition) is 7. The minimum atomic E-state index is -0.420. The van der Waals surface area contributed by atoms with Crippen LogP contribution in [0.2, 0.25) is 0 Å². The molecule has 2 aromatic carbocycles. The first kappa shape index (κ1) is 16.7. The van der Waals surface area contributed by atoms with Crippen LogP contribution in [0.4, 0.5) is 0 Å². The van der Waals surface area contributed by atoms with Crippen molar-refractivity contribution in [1.29, 1.82) is 0 Å². The van der Waals surface area contributed by atoms with Crippen molar-refractivity contribution < 1.29 is 18.8 Å². The first-order valence-electron chi connectivity index (χ1n) is 8.68. The van der Waals surface area contributed by atoms with Gasteiger partial charge in [0.2, 0.25) is 5.82 Å². The normalized spacial score (nSPS) is 12.0. The van der Waals surface area contributed by atoms with Crippen molar-refractivity contribution in [3.8, 4) is 27.6 Å². The molecule has 0 atom stereocenters. The van der Waals surface area contributed by atoms with Gasteiger partial charge in [0.05, 0.1) is 0 Å². The molecule has 0 radical (unpaired) electrons. The zero-order valence-corrected chi connectivity index (χ0v) is 15.4. The van der Waals surface area contributed by atoms with Gasteiger partial charge in [-0.15, -0.1) is 11.3 Å². The second kappa shape index (κ2) is 6.94. The topological polar surface area (TPSA) is 74.5 Å². The third-order valence-electron chi connectivity index (χ3n) is 4.35. The van der Waals surface area contributed by atoms with Crippen LogP contribution in [-0.2, 0) is 18.0 Å². The SMILES string of the molecule is O=C(OCc1nc(-c2ccccc2)no1)c1cc2c(s1)-c1ccccc1OC2. The van der Waals surface area contributed by atoms with Crippen molar-refractivity contribution in [2.75, 3.05) is 0 Å². The Labute approximate surface area is 164 Å². The number of aromatic nitrogens is 2. The monoisotopic (exact) mass is 390 g/mol. The molecule has 138 valence electrons. The zero-order chi connectivity index (χ0) is 18.9.